The lowest BCUT2D eigenvalue weighted by molar-refractivity contribution is 0.177. The summed E-state index contributed by atoms with van der Waals surface area (Å²) < 4.78 is 1.80. The Morgan fingerprint density at radius 2 is 1.77 bits per heavy atom. The number of thiocarbonyl (C=S) groups is 1. The van der Waals surface area contributed by atoms with Gasteiger partial charge in [-0.15, -0.1) is 0 Å². The first-order valence-corrected chi connectivity index (χ1v) is 10.9. The van der Waals surface area contributed by atoms with Gasteiger partial charge in [0, 0.05) is 73.0 Å². The predicted octanol–water partition coefficient (Wildman–Crippen LogP) is 4.15. The molecule has 0 radical (unpaired) electrons. The van der Waals surface area contributed by atoms with E-state index in [0.29, 0.717) is 27.5 Å². The zero-order valence-electron chi connectivity index (χ0n) is 16.3. The van der Waals surface area contributed by atoms with Gasteiger partial charge >= 0.3 is 0 Å². The highest BCUT2D eigenvalue weighted by atomic mass is 35.5. The highest BCUT2D eigenvalue weighted by Gasteiger charge is 2.19. The Labute approximate surface area is 191 Å². The van der Waals surface area contributed by atoms with Crippen molar-refractivity contribution in [1.82, 2.24) is 24.6 Å². The number of benzene rings is 1. The van der Waals surface area contributed by atoms with Gasteiger partial charge in [-0.1, -0.05) is 35.3 Å². The van der Waals surface area contributed by atoms with Crippen LogP contribution in [0.1, 0.15) is 11.1 Å². The van der Waals surface area contributed by atoms with Gasteiger partial charge in [0.25, 0.3) is 0 Å². The maximum absolute atomic E-state index is 6.26. The van der Waals surface area contributed by atoms with Gasteiger partial charge in [0.1, 0.15) is 0 Å². The average Bonchev–Trinajstić information content (AvgIpc) is 3.19. The molecule has 1 aromatic carbocycles. The van der Waals surface area contributed by atoms with Gasteiger partial charge in [0.15, 0.2) is 10.9 Å². The van der Waals surface area contributed by atoms with E-state index >= 15 is 0 Å². The molecule has 0 saturated carbocycles. The number of piperazine rings is 1. The van der Waals surface area contributed by atoms with E-state index in [1.807, 2.05) is 42.7 Å². The molecule has 9 heteroatoms. The largest absolute Gasteiger partial charge is 0.346 e. The quantitative estimate of drug-likeness (QED) is 0.577. The summed E-state index contributed by atoms with van der Waals surface area (Å²) in [6.07, 6.45) is 5.61. The Bertz CT molecular complexity index is 981. The van der Waals surface area contributed by atoms with Crippen molar-refractivity contribution in [2.45, 2.75) is 13.1 Å². The van der Waals surface area contributed by atoms with Crippen LogP contribution in [0.25, 0.3) is 0 Å². The molecule has 0 bridgehead atoms. The number of aromatic nitrogens is 3. The first-order chi connectivity index (χ1) is 14.6. The molecule has 3 aromatic rings. The lowest BCUT2D eigenvalue weighted by Gasteiger charge is -2.36. The van der Waals surface area contributed by atoms with Crippen LogP contribution >= 0.6 is 35.4 Å². The molecule has 0 atom stereocenters. The number of nitrogens with one attached hydrogen (secondary N) is 1. The number of hydrogen-bond acceptors (Lipinski definition) is 4. The fourth-order valence-electron chi connectivity index (χ4n) is 3.41. The van der Waals surface area contributed by atoms with E-state index in [9.17, 15) is 0 Å². The lowest BCUT2D eigenvalue weighted by atomic mass is 10.2. The van der Waals surface area contributed by atoms with Crippen LogP contribution in [0.4, 0.5) is 5.82 Å². The second-order valence-electron chi connectivity index (χ2n) is 7.15. The molecule has 1 fully saturated rings. The Hall–Kier alpha value is -2.19. The van der Waals surface area contributed by atoms with Crippen molar-refractivity contribution in [2.75, 3.05) is 31.5 Å². The van der Waals surface area contributed by atoms with Crippen molar-refractivity contribution in [3.63, 3.8) is 0 Å². The predicted molar refractivity (Wildman–Crippen MR) is 125 cm³/mol. The molecule has 156 valence electrons. The first kappa shape index (κ1) is 21.1. The summed E-state index contributed by atoms with van der Waals surface area (Å²) in [5.74, 6) is 0.709. The molecule has 0 amide bonds. The first-order valence-electron chi connectivity index (χ1n) is 9.72. The maximum atomic E-state index is 6.26. The van der Waals surface area contributed by atoms with Crippen LogP contribution in [0.15, 0.2) is 55.0 Å². The molecule has 3 heterocycles. The van der Waals surface area contributed by atoms with Crippen LogP contribution in [0, 0.1) is 0 Å². The van der Waals surface area contributed by atoms with E-state index in [0.717, 1.165) is 38.3 Å². The van der Waals surface area contributed by atoms with E-state index < -0.39 is 0 Å². The number of hydrogen-bond donors (Lipinski definition) is 1. The molecule has 1 aliphatic rings. The van der Waals surface area contributed by atoms with Crippen LogP contribution in [0.5, 0.6) is 0 Å². The zero-order chi connectivity index (χ0) is 20.9. The van der Waals surface area contributed by atoms with Crippen molar-refractivity contribution >= 4 is 46.4 Å². The summed E-state index contributed by atoms with van der Waals surface area (Å²) in [5, 5.41) is 9.75. The fraction of sp³-hybridized carbons (Fsp3) is 0.286. The normalized spacial score (nSPS) is 14.7. The van der Waals surface area contributed by atoms with Crippen molar-refractivity contribution in [1.29, 1.82) is 0 Å². The number of halogens is 2. The van der Waals surface area contributed by atoms with Gasteiger partial charge in [-0.3, -0.25) is 14.6 Å². The van der Waals surface area contributed by atoms with Crippen molar-refractivity contribution in [3.8, 4) is 0 Å². The third-order valence-electron chi connectivity index (χ3n) is 5.05. The second kappa shape index (κ2) is 9.75. The third kappa shape index (κ3) is 5.29. The van der Waals surface area contributed by atoms with E-state index in [4.69, 9.17) is 35.4 Å². The molecule has 1 N–H and O–H groups in total. The van der Waals surface area contributed by atoms with E-state index in [1.54, 1.807) is 10.9 Å². The van der Waals surface area contributed by atoms with Crippen LogP contribution in [-0.4, -0.2) is 55.9 Å². The van der Waals surface area contributed by atoms with E-state index in [-0.39, 0.29) is 0 Å². The molecule has 1 saturated heterocycles. The van der Waals surface area contributed by atoms with Crippen LogP contribution in [-0.2, 0) is 13.1 Å². The Kier molecular flexibility index (Phi) is 6.84. The Morgan fingerprint density at radius 3 is 2.47 bits per heavy atom. The Balaban J connectivity index is 1.29. The van der Waals surface area contributed by atoms with Gasteiger partial charge in [0.05, 0.1) is 6.54 Å². The van der Waals surface area contributed by atoms with Gasteiger partial charge in [-0.05, 0) is 36.0 Å². The minimum atomic E-state index is 0.500. The fourth-order valence-corrected chi connectivity index (χ4v) is 4.21. The van der Waals surface area contributed by atoms with Gasteiger partial charge < -0.3 is 10.2 Å². The number of rotatable bonds is 5. The molecule has 0 spiro atoms. The Morgan fingerprint density at radius 1 is 1.00 bits per heavy atom. The minimum Gasteiger partial charge on any atom is -0.346 e. The van der Waals surface area contributed by atoms with Crippen molar-refractivity contribution in [3.05, 3.63) is 76.2 Å². The standard InChI is InChI=1S/C21H22Cl2N6S/c22-18-4-1-5-19(23)17(18)15-29-8-6-20(26-29)25-21(30)28-11-9-27(10-12-28)14-16-3-2-7-24-13-16/h1-8,13H,9-12,14-15H2,(H,25,26,30). The summed E-state index contributed by atoms with van der Waals surface area (Å²) in [4.78, 5) is 8.78. The summed E-state index contributed by atoms with van der Waals surface area (Å²) in [6.45, 7) is 5.08. The summed E-state index contributed by atoms with van der Waals surface area (Å²) in [7, 11) is 0. The molecule has 4 rings (SSSR count). The molecular weight excluding hydrogens is 439 g/mol. The number of pyridine rings is 1. The highest BCUT2D eigenvalue weighted by molar-refractivity contribution is 7.80. The molecule has 6 nitrogen and oxygen atoms in total. The minimum absolute atomic E-state index is 0.500. The molecule has 30 heavy (non-hydrogen) atoms. The molecule has 0 aliphatic carbocycles. The monoisotopic (exact) mass is 460 g/mol. The van der Waals surface area contributed by atoms with Gasteiger partial charge in [0.2, 0.25) is 0 Å². The number of anilines is 1. The third-order valence-corrected chi connectivity index (χ3v) is 6.11. The molecule has 2 aromatic heterocycles. The summed E-state index contributed by atoms with van der Waals surface area (Å²) >= 11 is 18.1. The average molecular weight is 461 g/mol. The van der Waals surface area contributed by atoms with Crippen LogP contribution in [0.3, 0.4) is 0 Å². The smallest absolute Gasteiger partial charge is 0.174 e. The zero-order valence-corrected chi connectivity index (χ0v) is 18.7. The topological polar surface area (TPSA) is 49.2 Å². The number of nitrogens with zero attached hydrogens (tertiary/aromatic N) is 5. The van der Waals surface area contributed by atoms with E-state index in [2.05, 4.69) is 31.3 Å². The van der Waals surface area contributed by atoms with Crippen molar-refractivity contribution in [2.24, 2.45) is 0 Å². The molecular formula is C21H22Cl2N6S. The van der Waals surface area contributed by atoms with Gasteiger partial charge in [-0.2, -0.15) is 5.10 Å². The summed E-state index contributed by atoms with van der Waals surface area (Å²) in [5.41, 5.74) is 2.08. The highest BCUT2D eigenvalue weighted by Crippen LogP contribution is 2.25. The second-order valence-corrected chi connectivity index (χ2v) is 8.35. The lowest BCUT2D eigenvalue weighted by Crippen LogP contribution is -2.49. The maximum Gasteiger partial charge on any atom is 0.174 e. The summed E-state index contributed by atoms with van der Waals surface area (Å²) in [6, 6.07) is 11.5. The van der Waals surface area contributed by atoms with Crippen molar-refractivity contribution < 1.29 is 0 Å². The van der Waals surface area contributed by atoms with Crippen LogP contribution < -0.4 is 5.32 Å². The molecule has 1 aliphatic heterocycles. The van der Waals surface area contributed by atoms with Crippen LogP contribution in [0.2, 0.25) is 10.0 Å². The molecule has 0 unspecified atom stereocenters. The SMILES string of the molecule is S=C(Nc1ccn(Cc2c(Cl)cccc2Cl)n1)N1CCN(Cc2cccnc2)CC1. The van der Waals surface area contributed by atoms with Gasteiger partial charge in [-0.25, -0.2) is 0 Å². The van der Waals surface area contributed by atoms with E-state index in [1.165, 1.54) is 5.56 Å².